The van der Waals surface area contributed by atoms with E-state index in [0.29, 0.717) is 25.0 Å². The lowest BCUT2D eigenvalue weighted by molar-refractivity contribution is 0.165. The van der Waals surface area contributed by atoms with Crippen molar-refractivity contribution in [1.29, 1.82) is 0 Å². The summed E-state index contributed by atoms with van der Waals surface area (Å²) >= 11 is 0. The first-order chi connectivity index (χ1) is 17.1. The minimum absolute atomic E-state index is 0.256. The van der Waals surface area contributed by atoms with E-state index in [-0.39, 0.29) is 12.0 Å². The number of pyridine rings is 1. The maximum absolute atomic E-state index is 9.36. The Morgan fingerprint density at radius 1 is 0.943 bits per heavy atom. The van der Waals surface area contributed by atoms with Crippen molar-refractivity contribution in [1.82, 2.24) is 4.98 Å². The minimum atomic E-state index is 0.256. The zero-order chi connectivity index (χ0) is 24.5. The van der Waals surface area contributed by atoms with Gasteiger partial charge in [0.15, 0.2) is 0 Å². The first-order valence-corrected chi connectivity index (χ1v) is 12.9. The van der Waals surface area contributed by atoms with E-state index in [9.17, 15) is 5.11 Å². The summed E-state index contributed by atoms with van der Waals surface area (Å²) in [6, 6.07) is 22.8. The molecule has 186 valence electrons. The van der Waals surface area contributed by atoms with Crippen LogP contribution in [0.25, 0.3) is 11.1 Å². The van der Waals surface area contributed by atoms with Gasteiger partial charge in [0.1, 0.15) is 6.61 Å². The average Bonchev–Trinajstić information content (AvgIpc) is 2.89. The summed E-state index contributed by atoms with van der Waals surface area (Å²) < 4.78 is 12.0. The van der Waals surface area contributed by atoms with E-state index in [2.05, 4.69) is 43.0 Å². The Bertz CT molecular complexity index is 1040. The monoisotopic (exact) mass is 474 g/mol. The molecule has 1 aliphatic rings. The molecule has 0 spiro atoms. The number of hydrogen-bond acceptors (Lipinski definition) is 5. The van der Waals surface area contributed by atoms with Crippen LogP contribution in [0.3, 0.4) is 0 Å². The second-order valence-electron chi connectivity index (χ2n) is 9.80. The number of nitrogens with zero attached hydrogens (tertiary/aromatic N) is 2. The summed E-state index contributed by atoms with van der Waals surface area (Å²) in [6.45, 7) is 7.89. The molecule has 2 aromatic carbocycles. The number of benzene rings is 2. The van der Waals surface area contributed by atoms with Gasteiger partial charge < -0.3 is 19.5 Å². The molecule has 0 atom stereocenters. The molecule has 4 rings (SSSR count). The highest BCUT2D eigenvalue weighted by Crippen LogP contribution is 2.37. The molecule has 1 aliphatic heterocycles. The number of hydrogen-bond donors (Lipinski definition) is 1. The SMILES string of the molecule is CCCCOc1nc(OCc2ccccc2)ccc1-c1ccc(N2CCC(C)(CCO)CC2)cc1. The fourth-order valence-electron chi connectivity index (χ4n) is 4.55. The van der Waals surface area contributed by atoms with Crippen molar-refractivity contribution in [3.05, 3.63) is 72.3 Å². The van der Waals surface area contributed by atoms with Crippen LogP contribution in [0.5, 0.6) is 11.8 Å². The van der Waals surface area contributed by atoms with Gasteiger partial charge in [0.05, 0.1) is 6.61 Å². The highest BCUT2D eigenvalue weighted by molar-refractivity contribution is 5.71. The molecule has 2 heterocycles. The summed E-state index contributed by atoms with van der Waals surface area (Å²) in [5.74, 6) is 1.19. The number of aliphatic hydroxyl groups is 1. The predicted molar refractivity (Wildman–Crippen MR) is 142 cm³/mol. The van der Waals surface area contributed by atoms with E-state index in [4.69, 9.17) is 14.5 Å². The number of ether oxygens (including phenoxy) is 2. The maximum atomic E-state index is 9.36. The standard InChI is InChI=1S/C30H38N2O3/c1-3-4-22-34-29-27(14-15-28(31-29)35-23-24-8-6-5-7-9-24)25-10-12-26(13-11-25)32-19-16-30(2,17-20-32)18-21-33/h5-15,33H,3-4,16-23H2,1-2H3. The second kappa shape index (κ2) is 12.1. The first kappa shape index (κ1) is 25.1. The highest BCUT2D eigenvalue weighted by atomic mass is 16.5. The summed E-state index contributed by atoms with van der Waals surface area (Å²) in [6.07, 6.45) is 5.16. The van der Waals surface area contributed by atoms with Crippen LogP contribution in [-0.4, -0.2) is 36.4 Å². The van der Waals surface area contributed by atoms with Crippen molar-refractivity contribution in [2.24, 2.45) is 5.41 Å². The Hall–Kier alpha value is -3.05. The minimum Gasteiger partial charge on any atom is -0.477 e. The van der Waals surface area contributed by atoms with Crippen LogP contribution in [0, 0.1) is 5.41 Å². The summed E-state index contributed by atoms with van der Waals surface area (Å²) in [5, 5.41) is 9.36. The Morgan fingerprint density at radius 3 is 2.37 bits per heavy atom. The van der Waals surface area contributed by atoms with Gasteiger partial charge in [-0.25, -0.2) is 0 Å². The zero-order valence-electron chi connectivity index (χ0n) is 21.1. The lowest BCUT2D eigenvalue weighted by Crippen LogP contribution is -2.39. The van der Waals surface area contributed by atoms with E-state index in [0.717, 1.165) is 61.9 Å². The number of aromatic nitrogens is 1. The molecular formula is C30H38N2O3. The molecule has 1 aromatic heterocycles. The van der Waals surface area contributed by atoms with E-state index in [1.807, 2.05) is 42.5 Å². The van der Waals surface area contributed by atoms with E-state index < -0.39 is 0 Å². The van der Waals surface area contributed by atoms with Gasteiger partial charge in [-0.15, -0.1) is 0 Å². The van der Waals surface area contributed by atoms with Crippen LogP contribution in [-0.2, 0) is 6.61 Å². The zero-order valence-corrected chi connectivity index (χ0v) is 21.1. The van der Waals surface area contributed by atoms with E-state index in [1.165, 1.54) is 5.69 Å². The fraction of sp³-hybridized carbons (Fsp3) is 0.433. The number of piperidine rings is 1. The van der Waals surface area contributed by atoms with Gasteiger partial charge in [-0.3, -0.25) is 0 Å². The molecule has 1 fully saturated rings. The third kappa shape index (κ3) is 6.76. The molecule has 0 radical (unpaired) electrons. The van der Waals surface area contributed by atoms with E-state index in [1.54, 1.807) is 0 Å². The molecule has 0 amide bonds. The van der Waals surface area contributed by atoms with Crippen LogP contribution in [0.4, 0.5) is 5.69 Å². The first-order valence-electron chi connectivity index (χ1n) is 12.9. The van der Waals surface area contributed by atoms with Crippen molar-refractivity contribution in [2.45, 2.75) is 52.6 Å². The van der Waals surface area contributed by atoms with Crippen molar-refractivity contribution in [2.75, 3.05) is 31.2 Å². The van der Waals surface area contributed by atoms with Gasteiger partial charge in [-0.2, -0.15) is 4.98 Å². The number of unbranched alkanes of at least 4 members (excludes halogenated alkanes) is 1. The maximum Gasteiger partial charge on any atom is 0.224 e. The third-order valence-corrected chi connectivity index (χ3v) is 7.03. The molecular weight excluding hydrogens is 436 g/mol. The quantitative estimate of drug-likeness (QED) is 0.322. The van der Waals surface area contributed by atoms with Crippen LogP contribution in [0.2, 0.25) is 0 Å². The largest absolute Gasteiger partial charge is 0.477 e. The van der Waals surface area contributed by atoms with Crippen LogP contribution >= 0.6 is 0 Å². The Labute approximate surface area is 209 Å². The topological polar surface area (TPSA) is 54.8 Å². The number of anilines is 1. The summed E-state index contributed by atoms with van der Waals surface area (Å²) in [7, 11) is 0. The molecule has 1 saturated heterocycles. The Kier molecular flexibility index (Phi) is 8.64. The third-order valence-electron chi connectivity index (χ3n) is 7.03. The molecule has 0 bridgehead atoms. The van der Waals surface area contributed by atoms with Crippen molar-refractivity contribution >= 4 is 5.69 Å². The molecule has 3 aromatic rings. The van der Waals surface area contributed by atoms with Gasteiger partial charge >= 0.3 is 0 Å². The fourth-order valence-corrected chi connectivity index (χ4v) is 4.55. The Morgan fingerprint density at radius 2 is 1.69 bits per heavy atom. The van der Waals surface area contributed by atoms with Crippen molar-refractivity contribution in [3.8, 4) is 22.9 Å². The normalized spacial score (nSPS) is 15.1. The number of rotatable bonds is 11. The van der Waals surface area contributed by atoms with Gasteiger partial charge in [0.25, 0.3) is 0 Å². The molecule has 5 heteroatoms. The van der Waals surface area contributed by atoms with Crippen LogP contribution in [0.1, 0.15) is 51.5 Å². The molecule has 1 N–H and O–H groups in total. The lowest BCUT2D eigenvalue weighted by atomic mass is 9.78. The van der Waals surface area contributed by atoms with Crippen molar-refractivity contribution < 1.29 is 14.6 Å². The predicted octanol–water partition coefficient (Wildman–Crippen LogP) is 6.50. The molecule has 0 saturated carbocycles. The van der Waals surface area contributed by atoms with Crippen molar-refractivity contribution in [3.63, 3.8) is 0 Å². The Balaban J connectivity index is 1.47. The summed E-state index contributed by atoms with van der Waals surface area (Å²) in [4.78, 5) is 7.15. The smallest absolute Gasteiger partial charge is 0.224 e. The van der Waals surface area contributed by atoms with Gasteiger partial charge in [-0.05, 0) is 60.4 Å². The van der Waals surface area contributed by atoms with Gasteiger partial charge in [0.2, 0.25) is 11.8 Å². The molecule has 0 aliphatic carbocycles. The lowest BCUT2D eigenvalue weighted by Gasteiger charge is -2.40. The highest BCUT2D eigenvalue weighted by Gasteiger charge is 2.29. The van der Waals surface area contributed by atoms with Gasteiger partial charge in [0, 0.05) is 37.0 Å². The summed E-state index contributed by atoms with van der Waals surface area (Å²) in [5.41, 5.74) is 4.67. The van der Waals surface area contributed by atoms with Crippen LogP contribution in [0.15, 0.2) is 66.7 Å². The molecule has 5 nitrogen and oxygen atoms in total. The molecule has 35 heavy (non-hydrogen) atoms. The number of aliphatic hydroxyl groups excluding tert-OH is 1. The van der Waals surface area contributed by atoms with Gasteiger partial charge in [-0.1, -0.05) is 62.7 Å². The average molecular weight is 475 g/mol. The van der Waals surface area contributed by atoms with Crippen LogP contribution < -0.4 is 14.4 Å². The van der Waals surface area contributed by atoms with E-state index >= 15 is 0 Å². The molecule has 0 unspecified atom stereocenters. The second-order valence-corrected chi connectivity index (χ2v) is 9.80.